The van der Waals surface area contributed by atoms with Crippen LogP contribution in [0.25, 0.3) is 0 Å². The van der Waals surface area contributed by atoms with Gasteiger partial charge in [0.1, 0.15) is 5.60 Å². The number of ether oxygens (including phenoxy) is 1. The maximum absolute atomic E-state index is 12.9. The van der Waals surface area contributed by atoms with E-state index in [2.05, 4.69) is 5.32 Å². The predicted octanol–water partition coefficient (Wildman–Crippen LogP) is 2.53. The first-order valence-corrected chi connectivity index (χ1v) is 8.48. The molecule has 0 aromatic heterocycles. The minimum atomic E-state index is -0.974. The van der Waals surface area contributed by atoms with Crippen LogP contribution in [0.15, 0.2) is 35.4 Å². The second-order valence-electron chi connectivity index (χ2n) is 6.32. The van der Waals surface area contributed by atoms with Gasteiger partial charge in [-0.15, -0.1) is 0 Å². The van der Waals surface area contributed by atoms with Crippen LogP contribution in [-0.2, 0) is 19.1 Å². The smallest absolute Gasteiger partial charge is 0.335 e. The second-order valence-corrected chi connectivity index (χ2v) is 6.73. The zero-order valence-electron chi connectivity index (χ0n) is 14.1. The first-order valence-electron chi connectivity index (χ1n) is 8.10. The van der Waals surface area contributed by atoms with Crippen molar-refractivity contribution in [2.75, 3.05) is 18.4 Å². The Bertz CT molecular complexity index is 779. The zero-order valence-corrected chi connectivity index (χ0v) is 14.9. The van der Waals surface area contributed by atoms with E-state index >= 15 is 0 Å². The lowest BCUT2D eigenvalue weighted by Crippen LogP contribution is -2.49. The van der Waals surface area contributed by atoms with Crippen LogP contribution in [0.4, 0.5) is 5.69 Å². The first kappa shape index (κ1) is 17.5. The van der Waals surface area contributed by atoms with Gasteiger partial charge in [0, 0.05) is 38.4 Å². The van der Waals surface area contributed by atoms with E-state index in [9.17, 15) is 14.4 Å². The number of likely N-dealkylation sites (tertiary alicyclic amines) is 1. The molecule has 1 saturated heterocycles. The van der Waals surface area contributed by atoms with Crippen molar-refractivity contribution in [3.8, 4) is 0 Å². The number of benzene rings is 1. The van der Waals surface area contributed by atoms with Crippen molar-refractivity contribution in [2.45, 2.75) is 32.3 Å². The van der Waals surface area contributed by atoms with Crippen LogP contribution < -0.4 is 5.32 Å². The largest absolute Gasteiger partial charge is 0.450 e. The number of nitrogens with one attached hydrogen (secondary N) is 1. The van der Waals surface area contributed by atoms with Crippen LogP contribution in [0, 0.1) is 0 Å². The van der Waals surface area contributed by atoms with E-state index in [4.69, 9.17) is 16.3 Å². The Morgan fingerprint density at radius 2 is 1.88 bits per heavy atom. The average Bonchev–Trinajstić information content (AvgIpc) is 2.80. The molecule has 2 amide bonds. The van der Waals surface area contributed by atoms with Crippen molar-refractivity contribution in [3.63, 3.8) is 0 Å². The molecule has 2 aliphatic rings. The third-order valence-electron chi connectivity index (χ3n) is 4.79. The Kier molecular flexibility index (Phi) is 4.56. The summed E-state index contributed by atoms with van der Waals surface area (Å²) in [5.41, 5.74) is 0.143. The molecular weight excluding hydrogens is 344 g/mol. The molecule has 1 aromatic carbocycles. The minimum Gasteiger partial charge on any atom is -0.450 e. The monoisotopic (exact) mass is 362 g/mol. The third-order valence-corrected chi connectivity index (χ3v) is 5.12. The minimum absolute atomic E-state index is 0.0260. The summed E-state index contributed by atoms with van der Waals surface area (Å²) in [6.45, 7) is 3.98. The van der Waals surface area contributed by atoms with Crippen LogP contribution >= 0.6 is 11.6 Å². The molecule has 132 valence electrons. The molecule has 25 heavy (non-hydrogen) atoms. The van der Waals surface area contributed by atoms with Gasteiger partial charge in [-0.1, -0.05) is 23.7 Å². The highest BCUT2D eigenvalue weighted by Crippen LogP contribution is 2.41. The Morgan fingerprint density at radius 1 is 1.24 bits per heavy atom. The molecule has 1 spiro atoms. The number of piperidine rings is 1. The van der Waals surface area contributed by atoms with Gasteiger partial charge in [0.25, 0.3) is 5.91 Å². The van der Waals surface area contributed by atoms with Gasteiger partial charge in [-0.25, -0.2) is 4.79 Å². The number of esters is 1. The predicted molar refractivity (Wildman–Crippen MR) is 93.1 cm³/mol. The van der Waals surface area contributed by atoms with Crippen molar-refractivity contribution < 1.29 is 19.1 Å². The molecule has 1 N–H and O–H groups in total. The zero-order chi connectivity index (χ0) is 18.2. The molecule has 0 unspecified atom stereocenters. The summed E-state index contributed by atoms with van der Waals surface area (Å²) >= 11 is 6.10. The van der Waals surface area contributed by atoms with Crippen LogP contribution in [0.5, 0.6) is 0 Å². The lowest BCUT2D eigenvalue weighted by Gasteiger charge is -2.39. The number of anilines is 1. The SMILES string of the molecule is CC(=O)N1CCC2(CC1)OC(=O)C(C)=C2C(=O)Nc1ccccc1Cl. The highest BCUT2D eigenvalue weighted by Gasteiger charge is 2.51. The fourth-order valence-electron chi connectivity index (χ4n) is 3.41. The summed E-state index contributed by atoms with van der Waals surface area (Å²) in [7, 11) is 0. The van der Waals surface area contributed by atoms with E-state index in [-0.39, 0.29) is 5.91 Å². The number of rotatable bonds is 2. The topological polar surface area (TPSA) is 75.7 Å². The molecule has 7 heteroatoms. The number of hydrogen-bond acceptors (Lipinski definition) is 4. The fourth-order valence-corrected chi connectivity index (χ4v) is 3.59. The number of hydrogen-bond donors (Lipinski definition) is 1. The number of para-hydroxylation sites is 1. The molecule has 1 fully saturated rings. The van der Waals surface area contributed by atoms with Gasteiger partial charge in [-0.05, 0) is 19.1 Å². The van der Waals surface area contributed by atoms with Crippen LogP contribution in [0.3, 0.4) is 0 Å². The maximum atomic E-state index is 12.9. The molecule has 0 bridgehead atoms. The van der Waals surface area contributed by atoms with Crippen LogP contribution in [0.1, 0.15) is 26.7 Å². The summed E-state index contributed by atoms with van der Waals surface area (Å²) in [4.78, 5) is 38.2. The Labute approximate surface area is 150 Å². The number of carbonyl (C=O) groups excluding carboxylic acids is 3. The Hall–Kier alpha value is -2.34. The van der Waals surface area contributed by atoms with E-state index in [1.165, 1.54) is 6.92 Å². The van der Waals surface area contributed by atoms with Gasteiger partial charge < -0.3 is 15.0 Å². The standard InChI is InChI=1S/C18H19ClN2O4/c1-11-15(16(23)20-14-6-4-3-5-13(14)19)18(25-17(11)24)7-9-21(10-8-18)12(2)22/h3-6H,7-10H2,1-2H3,(H,20,23). The molecule has 0 saturated carbocycles. The second kappa shape index (κ2) is 6.52. The van der Waals surface area contributed by atoms with Crippen LogP contribution in [0.2, 0.25) is 5.02 Å². The summed E-state index contributed by atoms with van der Waals surface area (Å²) in [6.07, 6.45) is 0.807. The maximum Gasteiger partial charge on any atom is 0.335 e. The average molecular weight is 363 g/mol. The van der Waals surface area contributed by atoms with E-state index in [0.29, 0.717) is 47.8 Å². The van der Waals surface area contributed by atoms with Crippen LogP contribution in [-0.4, -0.2) is 41.4 Å². The number of nitrogens with zero attached hydrogens (tertiary/aromatic N) is 1. The van der Waals surface area contributed by atoms with Crippen molar-refractivity contribution in [1.29, 1.82) is 0 Å². The molecule has 0 aliphatic carbocycles. The highest BCUT2D eigenvalue weighted by atomic mass is 35.5. The number of amides is 2. The molecule has 2 heterocycles. The quantitative estimate of drug-likeness (QED) is 0.820. The Morgan fingerprint density at radius 3 is 2.48 bits per heavy atom. The van der Waals surface area contributed by atoms with Gasteiger partial charge in [0.2, 0.25) is 5.91 Å². The molecule has 2 aliphatic heterocycles. The van der Waals surface area contributed by atoms with Crippen molar-refractivity contribution in [1.82, 2.24) is 4.90 Å². The Balaban J connectivity index is 1.87. The van der Waals surface area contributed by atoms with Gasteiger partial charge in [-0.3, -0.25) is 9.59 Å². The van der Waals surface area contributed by atoms with Gasteiger partial charge in [0.15, 0.2) is 0 Å². The summed E-state index contributed by atoms with van der Waals surface area (Å²) in [6, 6.07) is 6.90. The molecular formula is C18H19ClN2O4. The first-order chi connectivity index (χ1) is 11.8. The van der Waals surface area contributed by atoms with Crippen molar-refractivity contribution in [3.05, 3.63) is 40.4 Å². The highest BCUT2D eigenvalue weighted by molar-refractivity contribution is 6.34. The molecule has 0 atom stereocenters. The molecule has 3 rings (SSSR count). The van der Waals surface area contributed by atoms with E-state index < -0.39 is 17.5 Å². The summed E-state index contributed by atoms with van der Waals surface area (Å²) in [5, 5.41) is 3.18. The van der Waals surface area contributed by atoms with Gasteiger partial charge >= 0.3 is 5.97 Å². The molecule has 6 nitrogen and oxygen atoms in total. The van der Waals surface area contributed by atoms with E-state index in [1.807, 2.05) is 0 Å². The van der Waals surface area contributed by atoms with Crippen molar-refractivity contribution in [2.24, 2.45) is 0 Å². The lowest BCUT2D eigenvalue weighted by atomic mass is 9.82. The summed E-state index contributed by atoms with van der Waals surface area (Å²) < 4.78 is 5.59. The fraction of sp³-hybridized carbons (Fsp3) is 0.389. The van der Waals surface area contributed by atoms with E-state index in [0.717, 1.165) is 0 Å². The molecule has 0 radical (unpaired) electrons. The van der Waals surface area contributed by atoms with Gasteiger partial charge in [0.05, 0.1) is 16.3 Å². The lowest BCUT2D eigenvalue weighted by molar-refractivity contribution is -0.152. The summed E-state index contributed by atoms with van der Waals surface area (Å²) in [5.74, 6) is -0.907. The van der Waals surface area contributed by atoms with E-state index in [1.54, 1.807) is 36.1 Å². The third kappa shape index (κ3) is 3.14. The normalized spacial score (nSPS) is 19.2. The molecule has 1 aromatic rings. The number of carbonyl (C=O) groups is 3. The van der Waals surface area contributed by atoms with Crippen molar-refractivity contribution >= 4 is 35.1 Å². The van der Waals surface area contributed by atoms with Gasteiger partial charge in [-0.2, -0.15) is 0 Å². The number of halogens is 1.